The van der Waals surface area contributed by atoms with E-state index in [-0.39, 0.29) is 12.8 Å². The topological polar surface area (TPSA) is 110 Å². The van der Waals surface area contributed by atoms with Gasteiger partial charge in [-0.3, -0.25) is 14.2 Å². The van der Waals surface area contributed by atoms with Gasteiger partial charge in [-0.25, -0.2) is 0 Å². The monoisotopic (exact) mass is 282 g/mol. The van der Waals surface area contributed by atoms with Crippen molar-refractivity contribution in [3.8, 4) is 0 Å². The van der Waals surface area contributed by atoms with Crippen molar-refractivity contribution < 1.29 is 33.4 Å². The summed E-state index contributed by atoms with van der Waals surface area (Å²) in [5.74, 6) is -3.19. The molecule has 0 saturated heterocycles. The van der Waals surface area contributed by atoms with Gasteiger partial charge >= 0.3 is 19.5 Å². The number of carbonyl (C=O) groups is 2. The molecule has 0 radical (unpaired) electrons. The smallest absolute Gasteiger partial charge is 0.343 e. The molecule has 0 aromatic carbocycles. The molecule has 0 aliphatic carbocycles. The van der Waals surface area contributed by atoms with Crippen molar-refractivity contribution in [1.29, 1.82) is 0 Å². The highest BCUT2D eigenvalue weighted by Gasteiger charge is 2.60. The lowest BCUT2D eigenvalue weighted by molar-refractivity contribution is -0.156. The van der Waals surface area contributed by atoms with Crippen molar-refractivity contribution in [1.82, 2.24) is 0 Å². The third kappa shape index (κ3) is 2.74. The largest absolute Gasteiger partial charge is 0.469 e. The van der Waals surface area contributed by atoms with E-state index < -0.39 is 30.6 Å². The highest BCUT2D eigenvalue weighted by Crippen LogP contribution is 2.58. The number of hydrogen-bond acceptors (Lipinski definition) is 5. The van der Waals surface area contributed by atoms with E-state index in [1.807, 2.05) is 0 Å². The standard InChI is InChI=1S/C10H19O7P/c1-5-7(8(11)16-3)10(6-2,9(12)17-4)18(13,14)15/h7H,5-6H2,1-4H3,(H2,13,14,15). The molecule has 0 aliphatic rings. The van der Waals surface area contributed by atoms with Crippen LogP contribution in [0.25, 0.3) is 0 Å². The average molecular weight is 282 g/mol. The second kappa shape index (κ2) is 6.31. The van der Waals surface area contributed by atoms with Crippen molar-refractivity contribution in [2.45, 2.75) is 31.8 Å². The summed E-state index contributed by atoms with van der Waals surface area (Å²) in [6, 6.07) is 0. The fourth-order valence-corrected chi connectivity index (χ4v) is 3.51. The Morgan fingerprint density at radius 2 is 1.72 bits per heavy atom. The summed E-state index contributed by atoms with van der Waals surface area (Å²) in [6.45, 7) is 2.96. The molecule has 0 heterocycles. The van der Waals surface area contributed by atoms with E-state index in [1.165, 1.54) is 6.92 Å². The Balaban J connectivity index is 5.93. The minimum absolute atomic E-state index is 0.0563. The molecule has 106 valence electrons. The zero-order chi connectivity index (χ0) is 14.6. The fourth-order valence-electron chi connectivity index (χ4n) is 2.08. The quantitative estimate of drug-likeness (QED) is 0.544. The third-order valence-corrected chi connectivity index (χ3v) is 4.92. The third-order valence-electron chi connectivity index (χ3n) is 3.07. The molecule has 0 bridgehead atoms. The van der Waals surface area contributed by atoms with Crippen LogP contribution in [0.2, 0.25) is 0 Å². The Morgan fingerprint density at radius 3 is 1.94 bits per heavy atom. The Bertz CT molecular complexity index is 361. The van der Waals surface area contributed by atoms with Crippen molar-refractivity contribution in [3.63, 3.8) is 0 Å². The van der Waals surface area contributed by atoms with Gasteiger partial charge in [-0.2, -0.15) is 0 Å². The molecule has 2 N–H and O–H groups in total. The lowest BCUT2D eigenvalue weighted by Gasteiger charge is -2.35. The van der Waals surface area contributed by atoms with Gasteiger partial charge in [0.2, 0.25) is 0 Å². The zero-order valence-electron chi connectivity index (χ0n) is 10.9. The van der Waals surface area contributed by atoms with Crippen LogP contribution in [0.1, 0.15) is 26.7 Å². The van der Waals surface area contributed by atoms with Crippen LogP contribution < -0.4 is 0 Å². The van der Waals surface area contributed by atoms with Gasteiger partial charge in [-0.15, -0.1) is 0 Å². The first-order valence-electron chi connectivity index (χ1n) is 5.44. The summed E-state index contributed by atoms with van der Waals surface area (Å²) < 4.78 is 20.7. The maximum Gasteiger partial charge on any atom is 0.343 e. The first-order chi connectivity index (χ1) is 8.22. The van der Waals surface area contributed by atoms with Crippen LogP contribution in [-0.2, 0) is 23.6 Å². The van der Waals surface area contributed by atoms with Crippen LogP contribution in [0.15, 0.2) is 0 Å². The van der Waals surface area contributed by atoms with Gasteiger partial charge in [-0.1, -0.05) is 13.8 Å². The number of hydrogen-bond donors (Lipinski definition) is 2. The molecule has 0 amide bonds. The summed E-state index contributed by atoms with van der Waals surface area (Å²) >= 11 is 0. The Hall–Kier alpha value is -0.910. The van der Waals surface area contributed by atoms with Crippen molar-refractivity contribution in [2.75, 3.05) is 14.2 Å². The second-order valence-electron chi connectivity index (χ2n) is 3.80. The van der Waals surface area contributed by atoms with Gasteiger partial charge < -0.3 is 19.3 Å². The maximum atomic E-state index is 11.8. The molecule has 0 aliphatic heterocycles. The molecule has 0 fully saturated rings. The van der Waals surface area contributed by atoms with E-state index in [9.17, 15) is 23.9 Å². The zero-order valence-corrected chi connectivity index (χ0v) is 11.8. The van der Waals surface area contributed by atoms with Crippen molar-refractivity contribution in [2.24, 2.45) is 5.92 Å². The highest BCUT2D eigenvalue weighted by atomic mass is 31.2. The van der Waals surface area contributed by atoms with Crippen LogP contribution in [-0.4, -0.2) is 41.1 Å². The van der Waals surface area contributed by atoms with Crippen molar-refractivity contribution in [3.05, 3.63) is 0 Å². The summed E-state index contributed by atoms with van der Waals surface area (Å²) in [4.78, 5) is 42.4. The SMILES string of the molecule is CCC(C(=O)OC)C(CC)(C(=O)OC)P(=O)(O)O. The van der Waals surface area contributed by atoms with Crippen molar-refractivity contribution >= 4 is 19.5 Å². The van der Waals surface area contributed by atoms with Gasteiger partial charge in [0.25, 0.3) is 0 Å². The summed E-state index contributed by atoms with van der Waals surface area (Å²) in [6.07, 6.45) is -0.168. The first-order valence-corrected chi connectivity index (χ1v) is 7.05. The Labute approximate surface area is 106 Å². The van der Waals surface area contributed by atoms with Gasteiger partial charge in [0.1, 0.15) is 0 Å². The van der Waals surface area contributed by atoms with Crippen LogP contribution >= 0.6 is 7.60 Å². The van der Waals surface area contributed by atoms with Crippen LogP contribution in [0.3, 0.4) is 0 Å². The van der Waals surface area contributed by atoms with E-state index in [1.54, 1.807) is 6.92 Å². The molecule has 0 aromatic heterocycles. The molecule has 0 saturated carbocycles. The average Bonchev–Trinajstić information content (AvgIpc) is 2.32. The number of ether oxygens (including phenoxy) is 2. The molecular weight excluding hydrogens is 263 g/mol. The molecule has 8 heteroatoms. The van der Waals surface area contributed by atoms with Crippen LogP contribution in [0.5, 0.6) is 0 Å². The normalized spacial score (nSPS) is 16.6. The minimum Gasteiger partial charge on any atom is -0.469 e. The molecule has 2 atom stereocenters. The summed E-state index contributed by atoms with van der Waals surface area (Å²) in [5, 5.41) is -2.19. The van der Waals surface area contributed by atoms with Gasteiger partial charge in [0, 0.05) is 0 Å². The van der Waals surface area contributed by atoms with E-state index in [2.05, 4.69) is 9.47 Å². The molecule has 0 spiro atoms. The second-order valence-corrected chi connectivity index (χ2v) is 5.68. The van der Waals surface area contributed by atoms with E-state index >= 15 is 0 Å². The van der Waals surface area contributed by atoms with E-state index in [0.717, 1.165) is 14.2 Å². The van der Waals surface area contributed by atoms with Gasteiger partial charge in [0.05, 0.1) is 20.1 Å². The molecular formula is C10H19O7P. The number of carbonyl (C=O) groups excluding carboxylic acids is 2. The van der Waals surface area contributed by atoms with Gasteiger partial charge in [-0.05, 0) is 12.8 Å². The number of esters is 2. The predicted molar refractivity (Wildman–Crippen MR) is 62.9 cm³/mol. The maximum absolute atomic E-state index is 11.8. The summed E-state index contributed by atoms with van der Waals surface area (Å²) in [7, 11) is -2.77. The number of rotatable bonds is 6. The van der Waals surface area contributed by atoms with E-state index in [0.29, 0.717) is 0 Å². The molecule has 0 rings (SSSR count). The molecule has 2 unspecified atom stereocenters. The summed E-state index contributed by atoms with van der Waals surface area (Å²) in [5.41, 5.74) is 0. The molecule has 18 heavy (non-hydrogen) atoms. The lowest BCUT2D eigenvalue weighted by atomic mass is 9.86. The lowest BCUT2D eigenvalue weighted by Crippen LogP contribution is -2.49. The number of methoxy groups -OCH3 is 2. The highest BCUT2D eigenvalue weighted by molar-refractivity contribution is 7.54. The predicted octanol–water partition coefficient (Wildman–Crippen LogP) is 0.685. The Morgan fingerprint density at radius 1 is 1.22 bits per heavy atom. The van der Waals surface area contributed by atoms with Crippen LogP contribution in [0.4, 0.5) is 0 Å². The minimum atomic E-state index is -4.89. The van der Waals surface area contributed by atoms with Crippen LogP contribution in [0, 0.1) is 5.92 Å². The Kier molecular flexibility index (Phi) is 5.99. The molecule has 0 aromatic rings. The molecule has 7 nitrogen and oxygen atoms in total. The first kappa shape index (κ1) is 17.1. The van der Waals surface area contributed by atoms with Gasteiger partial charge in [0.15, 0.2) is 5.16 Å². The van der Waals surface area contributed by atoms with E-state index in [4.69, 9.17) is 0 Å². The fraction of sp³-hybridized carbons (Fsp3) is 0.800.